The Labute approximate surface area is 210 Å². The van der Waals surface area contributed by atoms with Gasteiger partial charge in [-0.15, -0.1) is 0 Å². The minimum Gasteiger partial charge on any atom is -0.510 e. The van der Waals surface area contributed by atoms with Gasteiger partial charge in [0.1, 0.15) is 11.6 Å². The van der Waals surface area contributed by atoms with Crippen LogP contribution in [0.15, 0.2) is 58.7 Å². The zero-order valence-electron chi connectivity index (χ0n) is 20.2. The maximum absolute atomic E-state index is 13.7. The Morgan fingerprint density at radius 2 is 1.78 bits per heavy atom. The van der Waals surface area contributed by atoms with Crippen LogP contribution in [0.4, 0.5) is 4.39 Å². The van der Waals surface area contributed by atoms with Crippen molar-refractivity contribution in [3.8, 4) is 0 Å². The second kappa shape index (κ2) is 8.94. The molecule has 2 heterocycles. The van der Waals surface area contributed by atoms with Crippen LogP contribution >= 0.6 is 0 Å². The van der Waals surface area contributed by atoms with Gasteiger partial charge < -0.3 is 10.0 Å². The van der Waals surface area contributed by atoms with Gasteiger partial charge in [0.05, 0.1) is 28.8 Å². The summed E-state index contributed by atoms with van der Waals surface area (Å²) < 4.78 is 67.5. The van der Waals surface area contributed by atoms with E-state index in [-0.39, 0.29) is 40.4 Å². The molecule has 12 heteroatoms. The van der Waals surface area contributed by atoms with E-state index in [0.29, 0.717) is 5.56 Å². The lowest BCUT2D eigenvalue weighted by atomic mass is 9.84. The normalized spacial score (nSPS) is 21.8. The summed E-state index contributed by atoms with van der Waals surface area (Å²) in [5.41, 5.74) is 0.411. The van der Waals surface area contributed by atoms with Crippen LogP contribution in [0.2, 0.25) is 0 Å². The third-order valence-corrected chi connectivity index (χ3v) is 8.47. The fourth-order valence-corrected chi connectivity index (χ4v) is 6.85. The molecule has 1 unspecified atom stereocenters. The van der Waals surface area contributed by atoms with Crippen LogP contribution in [0.3, 0.4) is 0 Å². The fraction of sp³-hybridized carbons (Fsp3) is 0.375. The number of halogens is 1. The molecule has 0 spiro atoms. The van der Waals surface area contributed by atoms with Crippen LogP contribution in [0.5, 0.6) is 0 Å². The summed E-state index contributed by atoms with van der Waals surface area (Å²) in [4.78, 5) is 15.0. The number of hydrogen-bond donors (Lipinski definition) is 3. The van der Waals surface area contributed by atoms with Crippen molar-refractivity contribution in [1.82, 2.24) is 14.3 Å². The molecule has 194 valence electrons. The third kappa shape index (κ3) is 4.90. The van der Waals surface area contributed by atoms with Crippen molar-refractivity contribution in [2.75, 3.05) is 6.26 Å². The maximum Gasteiger partial charge on any atom is 0.256 e. The first-order chi connectivity index (χ1) is 16.6. The highest BCUT2D eigenvalue weighted by atomic mass is 32.2. The molecule has 0 fully saturated rings. The van der Waals surface area contributed by atoms with Crippen molar-refractivity contribution in [3.63, 3.8) is 0 Å². The molecule has 2 aromatic carbocycles. The average Bonchev–Trinajstić information content (AvgIpc) is 3.17. The smallest absolute Gasteiger partial charge is 0.256 e. The number of carbonyl (C=O) groups excluding carboxylic acids is 1. The number of nitrogens with zero attached hydrogens (tertiary/aromatic N) is 1. The second-order valence-corrected chi connectivity index (χ2v) is 13.6. The Kier molecular flexibility index (Phi) is 6.53. The van der Waals surface area contributed by atoms with Gasteiger partial charge in [-0.1, -0.05) is 51.1 Å². The van der Waals surface area contributed by atoms with Gasteiger partial charge in [0.2, 0.25) is 20.0 Å². The van der Waals surface area contributed by atoms with Crippen LogP contribution in [-0.4, -0.2) is 45.0 Å². The molecule has 2 atom stereocenters. The number of benzene rings is 2. The molecule has 1 amide bonds. The van der Waals surface area contributed by atoms with Gasteiger partial charge in [0.25, 0.3) is 5.91 Å². The Morgan fingerprint density at radius 1 is 1.14 bits per heavy atom. The van der Waals surface area contributed by atoms with Crippen molar-refractivity contribution < 1.29 is 31.1 Å². The first kappa shape index (κ1) is 26.3. The van der Waals surface area contributed by atoms with E-state index in [9.17, 15) is 31.1 Å². The van der Waals surface area contributed by atoms with E-state index in [1.165, 1.54) is 29.2 Å². The molecule has 0 aromatic heterocycles. The quantitative estimate of drug-likeness (QED) is 0.519. The molecular formula is C24H28FN3O6S2. The van der Waals surface area contributed by atoms with Crippen molar-refractivity contribution in [2.45, 2.75) is 50.8 Å². The summed E-state index contributed by atoms with van der Waals surface area (Å²) in [5.74, 6) is -1.20. The van der Waals surface area contributed by atoms with Gasteiger partial charge >= 0.3 is 0 Å². The van der Waals surface area contributed by atoms with Crippen molar-refractivity contribution in [1.29, 1.82) is 0 Å². The number of fused-ring (bicyclic) bond motifs is 1. The molecule has 0 bridgehead atoms. The minimum atomic E-state index is -4.11. The maximum atomic E-state index is 13.7. The van der Waals surface area contributed by atoms with Crippen molar-refractivity contribution in [2.24, 2.45) is 5.41 Å². The lowest BCUT2D eigenvalue weighted by Gasteiger charge is -2.35. The predicted molar refractivity (Wildman–Crippen MR) is 131 cm³/mol. The summed E-state index contributed by atoms with van der Waals surface area (Å²) in [6.07, 6.45) is 0.966. The van der Waals surface area contributed by atoms with Crippen molar-refractivity contribution in [3.05, 3.63) is 76.3 Å². The van der Waals surface area contributed by atoms with Crippen LogP contribution < -0.4 is 9.44 Å². The topological polar surface area (TPSA) is 133 Å². The minimum absolute atomic E-state index is 0.0826. The number of nitrogens with one attached hydrogen (secondary N) is 2. The fourth-order valence-electron chi connectivity index (χ4n) is 4.77. The first-order valence-electron chi connectivity index (χ1n) is 11.2. The molecule has 0 radical (unpaired) electrons. The van der Waals surface area contributed by atoms with Crippen LogP contribution in [0.1, 0.15) is 43.5 Å². The number of carbonyl (C=O) groups is 1. The average molecular weight is 538 g/mol. The molecule has 2 aliphatic heterocycles. The summed E-state index contributed by atoms with van der Waals surface area (Å²) in [7, 11) is -7.70. The van der Waals surface area contributed by atoms with Gasteiger partial charge in [0.15, 0.2) is 0 Å². The Morgan fingerprint density at radius 3 is 2.36 bits per heavy atom. The highest BCUT2D eigenvalue weighted by Gasteiger charge is 2.51. The van der Waals surface area contributed by atoms with E-state index in [4.69, 9.17) is 0 Å². The first-order valence-corrected chi connectivity index (χ1v) is 14.5. The molecule has 0 saturated heterocycles. The van der Waals surface area contributed by atoms with E-state index >= 15 is 0 Å². The Bertz CT molecular complexity index is 1460. The predicted octanol–water partition coefficient (Wildman–Crippen LogP) is 2.48. The van der Waals surface area contributed by atoms with Crippen LogP contribution in [0, 0.1) is 11.2 Å². The Balaban J connectivity index is 1.78. The summed E-state index contributed by atoms with van der Waals surface area (Å²) in [6, 6.07) is 8.34. The SMILES string of the molecule is CC(C)(C)[C@H]1C(O)=C(C2NS(=O)(=O)c3c(CNS(C)(=O)=O)cccc32)C(=O)N1Cc1ccc(F)cc1. The molecule has 9 nitrogen and oxygen atoms in total. The number of amides is 1. The van der Waals surface area contributed by atoms with Crippen molar-refractivity contribution >= 4 is 26.0 Å². The largest absolute Gasteiger partial charge is 0.510 e. The number of sulfonamides is 2. The lowest BCUT2D eigenvalue weighted by Crippen LogP contribution is -2.43. The van der Waals surface area contributed by atoms with Gasteiger partial charge in [-0.2, -0.15) is 4.72 Å². The molecular weight excluding hydrogens is 509 g/mol. The van der Waals surface area contributed by atoms with Crippen LogP contribution in [-0.2, 0) is 37.9 Å². The number of aliphatic hydroxyl groups excluding tert-OH is 1. The standard InChI is InChI=1S/C24H28FN3O6S2/c1-24(2,3)22-20(29)18(23(30)28(22)13-14-8-10-16(25)11-9-14)19-17-7-5-6-15(12-26-35(4,31)32)21(17)36(33,34)27-19/h5-11,19,22,26-27,29H,12-13H2,1-4H3/t19?,22-/m1/s1. The summed E-state index contributed by atoms with van der Waals surface area (Å²) in [5, 5.41) is 11.3. The molecule has 2 aliphatic rings. The molecule has 0 saturated carbocycles. The monoisotopic (exact) mass is 537 g/mol. The highest BCUT2D eigenvalue weighted by Crippen LogP contribution is 2.45. The van der Waals surface area contributed by atoms with E-state index in [1.54, 1.807) is 18.2 Å². The number of aliphatic hydroxyl groups is 1. The molecule has 0 aliphatic carbocycles. The number of rotatable bonds is 6. The molecule has 36 heavy (non-hydrogen) atoms. The van der Waals surface area contributed by atoms with E-state index in [0.717, 1.165) is 6.26 Å². The zero-order valence-corrected chi connectivity index (χ0v) is 21.9. The van der Waals surface area contributed by atoms with Gasteiger partial charge in [-0.05, 0) is 34.2 Å². The van der Waals surface area contributed by atoms with E-state index in [2.05, 4.69) is 9.44 Å². The third-order valence-electron chi connectivity index (χ3n) is 6.22. The number of hydrogen-bond acceptors (Lipinski definition) is 6. The molecule has 4 rings (SSSR count). The van der Waals surface area contributed by atoms with Gasteiger partial charge in [0, 0.05) is 13.1 Å². The van der Waals surface area contributed by atoms with Crippen LogP contribution in [0.25, 0.3) is 0 Å². The molecule has 3 N–H and O–H groups in total. The summed E-state index contributed by atoms with van der Waals surface area (Å²) in [6.45, 7) is 5.38. The van der Waals surface area contributed by atoms with Gasteiger partial charge in [-0.3, -0.25) is 4.79 Å². The molecule has 2 aromatic rings. The lowest BCUT2D eigenvalue weighted by molar-refractivity contribution is -0.129. The summed E-state index contributed by atoms with van der Waals surface area (Å²) >= 11 is 0. The zero-order chi connectivity index (χ0) is 26.6. The highest BCUT2D eigenvalue weighted by molar-refractivity contribution is 7.90. The van der Waals surface area contributed by atoms with Gasteiger partial charge in [-0.25, -0.2) is 25.9 Å². The van der Waals surface area contributed by atoms with E-state index < -0.39 is 49.3 Å². The second-order valence-electron chi connectivity index (χ2n) is 10.1. The van der Waals surface area contributed by atoms with E-state index in [1.807, 2.05) is 20.8 Å². The Hall–Kier alpha value is -2.80.